The molecule has 2 unspecified atom stereocenters. The predicted molar refractivity (Wildman–Crippen MR) is 175 cm³/mol. The molecule has 3 aromatic carbocycles. The highest BCUT2D eigenvalue weighted by Gasteiger charge is 2.27. The Kier molecular flexibility index (Phi) is 8.74. The van der Waals surface area contributed by atoms with E-state index in [-0.39, 0.29) is 47.9 Å². The molecule has 1 N–H and O–H groups in total. The van der Waals surface area contributed by atoms with Gasteiger partial charge in [0.25, 0.3) is 0 Å². The molecule has 5 aromatic rings. The third-order valence-electron chi connectivity index (χ3n) is 8.49. The zero-order valence-corrected chi connectivity index (χ0v) is 25.6. The minimum Gasteiger partial charge on any atom is -0.354 e. The lowest BCUT2D eigenvalue weighted by Gasteiger charge is -2.23. The number of hydrogen-bond donors (Lipinski definition) is 1. The fourth-order valence-corrected chi connectivity index (χ4v) is 6.01. The summed E-state index contributed by atoms with van der Waals surface area (Å²) in [5.74, 6) is -0.0869. The molecule has 0 spiro atoms. The van der Waals surface area contributed by atoms with Crippen LogP contribution in [0.15, 0.2) is 85.6 Å². The van der Waals surface area contributed by atoms with E-state index in [0.717, 1.165) is 38.2 Å². The number of Topliss-reactive ketones (excluding diaryl/α,β-unsaturated/α-hetero) is 3. The molecule has 9 nitrogen and oxygen atoms in total. The maximum Gasteiger partial charge on any atom is 0.220 e. The van der Waals surface area contributed by atoms with E-state index in [0.29, 0.717) is 24.3 Å². The molecule has 230 valence electrons. The van der Waals surface area contributed by atoms with Crippen LogP contribution in [0.3, 0.4) is 0 Å². The second-order valence-electron chi connectivity index (χ2n) is 11.5. The van der Waals surface area contributed by atoms with Gasteiger partial charge in [0, 0.05) is 48.9 Å². The zero-order chi connectivity index (χ0) is 32.2. The molecule has 2 atom stereocenters. The molecule has 1 amide bonds. The summed E-state index contributed by atoms with van der Waals surface area (Å²) in [4.78, 5) is 60.6. The first-order valence-electron chi connectivity index (χ1n) is 15.3. The van der Waals surface area contributed by atoms with E-state index in [9.17, 15) is 19.2 Å². The molecule has 0 bridgehead atoms. The molecule has 0 aliphatic heterocycles. The largest absolute Gasteiger partial charge is 0.354 e. The minimum absolute atomic E-state index is 0.0245. The number of nitrogens with one attached hydrogen (secondary N) is 1. The van der Waals surface area contributed by atoms with Crippen molar-refractivity contribution in [2.75, 3.05) is 6.54 Å². The van der Waals surface area contributed by atoms with E-state index in [2.05, 4.69) is 20.3 Å². The number of amides is 1. The Bertz CT molecular complexity index is 2100. The van der Waals surface area contributed by atoms with Gasteiger partial charge >= 0.3 is 0 Å². The Morgan fingerprint density at radius 1 is 0.848 bits per heavy atom. The standard InChI is InChI=1S/C20H16O2.C17H17N5O2/c1-11-9-17-13(12(2)20(11)22)7-8-15-14-5-3-4-6-16(14)19(21)10-18(15)17;23-15(13-4-2-1-3-5-13)6-7-16(24)19-8-9-22-12-21-17-14(22)10-18-11-20-17/h3-12H,1-2H3;1-5,10-12H,6-9H2,(H,19,24). The van der Waals surface area contributed by atoms with Crippen molar-refractivity contribution in [3.8, 4) is 11.1 Å². The summed E-state index contributed by atoms with van der Waals surface area (Å²) in [5.41, 5.74) is 5.94. The first-order chi connectivity index (χ1) is 22.3. The first kappa shape index (κ1) is 30.5. The smallest absolute Gasteiger partial charge is 0.220 e. The minimum atomic E-state index is -0.139. The Labute approximate surface area is 265 Å². The number of nitrogens with zero attached hydrogens (tertiary/aromatic N) is 4. The monoisotopic (exact) mass is 611 g/mol. The van der Waals surface area contributed by atoms with Gasteiger partial charge in [-0.25, -0.2) is 15.0 Å². The number of hydrogen-bond acceptors (Lipinski definition) is 7. The lowest BCUT2D eigenvalue weighted by molar-refractivity contribution is -0.122. The van der Waals surface area contributed by atoms with Gasteiger partial charge in [-0.1, -0.05) is 86.7 Å². The third-order valence-corrected chi connectivity index (χ3v) is 8.49. The maximum atomic E-state index is 12.4. The number of carbonyl (C=O) groups is 4. The van der Waals surface area contributed by atoms with E-state index in [1.54, 1.807) is 30.7 Å². The molecule has 2 aromatic heterocycles. The molecule has 0 saturated heterocycles. The number of carbonyl (C=O) groups excluding carboxylic acids is 4. The predicted octanol–water partition coefficient (Wildman–Crippen LogP) is 4.04. The molecule has 2 heterocycles. The van der Waals surface area contributed by atoms with E-state index in [1.807, 2.05) is 79.1 Å². The number of rotatable bonds is 7. The molecule has 7 rings (SSSR count). The quantitative estimate of drug-likeness (QED) is 0.276. The summed E-state index contributed by atoms with van der Waals surface area (Å²) < 4.78 is 1.88. The summed E-state index contributed by atoms with van der Waals surface area (Å²) >= 11 is 0. The van der Waals surface area contributed by atoms with Crippen molar-refractivity contribution in [1.29, 1.82) is 0 Å². The Morgan fingerprint density at radius 3 is 2.41 bits per heavy atom. The molecule has 46 heavy (non-hydrogen) atoms. The topological polar surface area (TPSA) is 124 Å². The second-order valence-corrected chi connectivity index (χ2v) is 11.5. The van der Waals surface area contributed by atoms with Crippen LogP contribution in [0.2, 0.25) is 0 Å². The van der Waals surface area contributed by atoms with Crippen molar-refractivity contribution in [2.24, 2.45) is 5.92 Å². The van der Waals surface area contributed by atoms with Crippen LogP contribution in [-0.2, 0) is 16.1 Å². The normalized spacial score (nSPS) is 16.1. The van der Waals surface area contributed by atoms with Gasteiger partial charge in [0.05, 0.1) is 12.5 Å². The zero-order valence-electron chi connectivity index (χ0n) is 25.6. The maximum absolute atomic E-state index is 12.4. The molecule has 2 aliphatic carbocycles. The fraction of sp³-hybridized carbons (Fsp3) is 0.216. The van der Waals surface area contributed by atoms with Crippen LogP contribution >= 0.6 is 0 Å². The number of ketones is 3. The summed E-state index contributed by atoms with van der Waals surface area (Å²) in [6.45, 7) is 4.91. The van der Waals surface area contributed by atoms with Gasteiger partial charge in [-0.15, -0.1) is 0 Å². The van der Waals surface area contributed by atoms with Gasteiger partial charge in [0.2, 0.25) is 5.91 Å². The van der Waals surface area contributed by atoms with Crippen LogP contribution in [0, 0.1) is 5.92 Å². The molecular formula is C37H33N5O4. The first-order valence-corrected chi connectivity index (χ1v) is 15.3. The summed E-state index contributed by atoms with van der Waals surface area (Å²) in [6, 6.07) is 20.8. The Balaban J connectivity index is 0.000000162. The highest BCUT2D eigenvalue weighted by atomic mass is 16.2. The van der Waals surface area contributed by atoms with E-state index < -0.39 is 0 Å². The van der Waals surface area contributed by atoms with E-state index >= 15 is 0 Å². The summed E-state index contributed by atoms with van der Waals surface area (Å²) in [5, 5.41) is 4.83. The second kappa shape index (κ2) is 13.2. The number of fused-ring (bicyclic) bond motifs is 6. The molecule has 9 heteroatoms. The highest BCUT2D eigenvalue weighted by Crippen LogP contribution is 2.27. The van der Waals surface area contributed by atoms with Crippen molar-refractivity contribution >= 4 is 46.6 Å². The van der Waals surface area contributed by atoms with Gasteiger partial charge < -0.3 is 9.88 Å². The average Bonchev–Trinajstić information content (AvgIpc) is 3.50. The van der Waals surface area contributed by atoms with Gasteiger partial charge in [-0.2, -0.15) is 0 Å². The Hall–Kier alpha value is -5.57. The highest BCUT2D eigenvalue weighted by molar-refractivity contribution is 6.22. The molecule has 0 fully saturated rings. The van der Waals surface area contributed by atoms with Crippen LogP contribution in [0.5, 0.6) is 0 Å². The van der Waals surface area contributed by atoms with Crippen LogP contribution in [-0.4, -0.2) is 49.3 Å². The van der Waals surface area contributed by atoms with E-state index in [4.69, 9.17) is 0 Å². The lowest BCUT2D eigenvalue weighted by atomic mass is 9.79. The van der Waals surface area contributed by atoms with Crippen molar-refractivity contribution in [2.45, 2.75) is 39.2 Å². The van der Waals surface area contributed by atoms with Gasteiger partial charge in [0.1, 0.15) is 17.6 Å². The number of benzene rings is 3. The third kappa shape index (κ3) is 6.17. The van der Waals surface area contributed by atoms with Crippen LogP contribution in [0.4, 0.5) is 0 Å². The van der Waals surface area contributed by atoms with Gasteiger partial charge in [-0.05, 0) is 33.2 Å². The molecular weight excluding hydrogens is 578 g/mol. The summed E-state index contributed by atoms with van der Waals surface area (Å²) in [6.07, 6.45) is 8.93. The molecule has 0 radical (unpaired) electrons. The van der Waals surface area contributed by atoms with Crippen molar-refractivity contribution in [3.05, 3.63) is 113 Å². The summed E-state index contributed by atoms with van der Waals surface area (Å²) in [7, 11) is 0. The number of imidazole rings is 1. The van der Waals surface area contributed by atoms with Crippen molar-refractivity contribution in [3.63, 3.8) is 0 Å². The Morgan fingerprint density at radius 2 is 1.61 bits per heavy atom. The molecule has 0 saturated carbocycles. The van der Waals surface area contributed by atoms with Gasteiger partial charge in [0.15, 0.2) is 17.2 Å². The average molecular weight is 612 g/mol. The van der Waals surface area contributed by atoms with Crippen molar-refractivity contribution < 1.29 is 19.2 Å². The SMILES string of the molecule is CC1C=c2c(ccc3c2=CC(=O)c2ccccc2-3)C(C)C1=O.O=C(CCC(=O)c1ccccc1)NCCn1cnc2ncncc21. The van der Waals surface area contributed by atoms with Crippen molar-refractivity contribution in [1.82, 2.24) is 24.8 Å². The number of aromatic nitrogens is 4. The fourth-order valence-electron chi connectivity index (χ4n) is 6.01. The van der Waals surface area contributed by atoms with Crippen LogP contribution < -0.4 is 15.8 Å². The molecule has 2 aliphatic rings. The van der Waals surface area contributed by atoms with Crippen LogP contribution in [0.1, 0.15) is 58.9 Å². The van der Waals surface area contributed by atoms with E-state index in [1.165, 1.54) is 6.33 Å². The van der Waals surface area contributed by atoms with Gasteiger partial charge in [-0.3, -0.25) is 19.2 Å². The lowest BCUT2D eigenvalue weighted by Crippen LogP contribution is -2.40. The van der Waals surface area contributed by atoms with Crippen LogP contribution in [0.25, 0.3) is 34.4 Å².